The molecule has 1 fully saturated rings. The van der Waals surface area contributed by atoms with Crippen LogP contribution in [0.5, 0.6) is 0 Å². The molecule has 0 atom stereocenters. The molecule has 82 valence electrons. The van der Waals surface area contributed by atoms with Crippen molar-refractivity contribution in [2.24, 2.45) is 5.41 Å². The van der Waals surface area contributed by atoms with Crippen LogP contribution in [0.3, 0.4) is 0 Å². The van der Waals surface area contributed by atoms with Crippen LogP contribution in [-0.4, -0.2) is 5.78 Å². The number of nitriles is 1. The maximum atomic E-state index is 11.2. The Kier molecular flexibility index (Phi) is 3.05. The van der Waals surface area contributed by atoms with Gasteiger partial charge in [0.2, 0.25) is 0 Å². The molecule has 0 aliphatic heterocycles. The molecule has 0 heterocycles. The zero-order valence-corrected chi connectivity index (χ0v) is 9.28. The number of hydrogen-bond donors (Lipinski definition) is 0. The highest BCUT2D eigenvalue weighted by molar-refractivity contribution is 5.79. The summed E-state index contributed by atoms with van der Waals surface area (Å²) in [4.78, 5) is 11.2. The van der Waals surface area contributed by atoms with Crippen molar-refractivity contribution in [3.8, 4) is 6.07 Å². The van der Waals surface area contributed by atoms with Gasteiger partial charge in [0, 0.05) is 12.8 Å². The van der Waals surface area contributed by atoms with E-state index >= 15 is 0 Å². The third-order valence-electron chi connectivity index (χ3n) is 3.39. The lowest BCUT2D eigenvalue weighted by molar-refractivity contribution is -0.121. The Labute approximate surface area is 95.9 Å². The topological polar surface area (TPSA) is 40.9 Å². The molecule has 2 nitrogen and oxygen atoms in total. The number of nitrogens with zero attached hydrogens (tertiary/aromatic N) is 1. The second-order valence-electron chi connectivity index (χ2n) is 4.59. The highest BCUT2D eigenvalue weighted by atomic mass is 16.1. The quantitative estimate of drug-likeness (QED) is 0.758. The van der Waals surface area contributed by atoms with Gasteiger partial charge in [-0.1, -0.05) is 30.3 Å². The molecular formula is C14H15NO. The van der Waals surface area contributed by atoms with E-state index in [1.165, 1.54) is 5.56 Å². The fraction of sp³-hybridized carbons (Fsp3) is 0.429. The summed E-state index contributed by atoms with van der Waals surface area (Å²) < 4.78 is 0. The number of rotatable bonds is 2. The molecule has 0 radical (unpaired) electrons. The Morgan fingerprint density at radius 3 is 2.38 bits per heavy atom. The second-order valence-corrected chi connectivity index (χ2v) is 4.59. The van der Waals surface area contributed by atoms with Crippen LogP contribution >= 0.6 is 0 Å². The molecule has 0 aromatic heterocycles. The van der Waals surface area contributed by atoms with Gasteiger partial charge in [0.1, 0.15) is 5.78 Å². The summed E-state index contributed by atoms with van der Waals surface area (Å²) in [6, 6.07) is 12.5. The summed E-state index contributed by atoms with van der Waals surface area (Å²) in [5, 5.41) is 9.33. The Morgan fingerprint density at radius 2 is 1.81 bits per heavy atom. The molecule has 0 spiro atoms. The molecule has 2 heteroatoms. The van der Waals surface area contributed by atoms with Gasteiger partial charge in [0.05, 0.1) is 11.5 Å². The minimum Gasteiger partial charge on any atom is -0.300 e. The van der Waals surface area contributed by atoms with Crippen LogP contribution in [0.25, 0.3) is 0 Å². The minimum absolute atomic E-state index is 0.305. The fourth-order valence-electron chi connectivity index (χ4n) is 2.32. The van der Waals surface area contributed by atoms with Gasteiger partial charge in [-0.05, 0) is 24.8 Å². The largest absolute Gasteiger partial charge is 0.300 e. The molecule has 0 N–H and O–H groups in total. The summed E-state index contributed by atoms with van der Waals surface area (Å²) in [5.74, 6) is 0.305. The summed E-state index contributed by atoms with van der Waals surface area (Å²) in [6.07, 6.45) is 3.35. The van der Waals surface area contributed by atoms with Crippen LogP contribution in [0.15, 0.2) is 30.3 Å². The average Bonchev–Trinajstić information content (AvgIpc) is 2.34. The number of Topliss-reactive ketones (excluding diaryl/α,β-unsaturated/α-hetero) is 1. The van der Waals surface area contributed by atoms with E-state index in [-0.39, 0.29) is 5.41 Å². The van der Waals surface area contributed by atoms with Gasteiger partial charge in [-0.15, -0.1) is 0 Å². The van der Waals surface area contributed by atoms with Gasteiger partial charge < -0.3 is 0 Å². The van der Waals surface area contributed by atoms with Crippen LogP contribution in [0, 0.1) is 16.7 Å². The standard InChI is InChI=1S/C14H15NO/c15-11-14(8-6-13(16)7-9-14)10-12-4-2-1-3-5-12/h1-5H,6-10H2. The van der Waals surface area contributed by atoms with E-state index < -0.39 is 0 Å². The highest BCUT2D eigenvalue weighted by Gasteiger charge is 2.34. The zero-order chi connectivity index (χ0) is 11.4. The summed E-state index contributed by atoms with van der Waals surface area (Å²) in [5.41, 5.74) is 0.883. The average molecular weight is 213 g/mol. The first kappa shape index (κ1) is 10.9. The van der Waals surface area contributed by atoms with Gasteiger partial charge >= 0.3 is 0 Å². The molecule has 0 unspecified atom stereocenters. The smallest absolute Gasteiger partial charge is 0.133 e. The maximum Gasteiger partial charge on any atom is 0.133 e. The van der Waals surface area contributed by atoms with Crippen molar-refractivity contribution >= 4 is 5.78 Å². The van der Waals surface area contributed by atoms with Gasteiger partial charge in [0.15, 0.2) is 0 Å². The molecule has 1 aromatic rings. The molecule has 2 rings (SSSR count). The number of ketones is 1. The Bertz CT molecular complexity index is 406. The molecule has 0 saturated heterocycles. The van der Waals surface area contributed by atoms with Crippen molar-refractivity contribution in [2.75, 3.05) is 0 Å². The van der Waals surface area contributed by atoms with Crippen LogP contribution in [0.1, 0.15) is 31.2 Å². The lowest BCUT2D eigenvalue weighted by atomic mass is 9.71. The first-order valence-corrected chi connectivity index (χ1v) is 5.71. The molecule has 1 aromatic carbocycles. The second kappa shape index (κ2) is 4.49. The van der Waals surface area contributed by atoms with Gasteiger partial charge in [-0.3, -0.25) is 4.79 Å². The van der Waals surface area contributed by atoms with Gasteiger partial charge in [-0.25, -0.2) is 0 Å². The monoisotopic (exact) mass is 213 g/mol. The van der Waals surface area contributed by atoms with Crippen molar-refractivity contribution in [2.45, 2.75) is 32.1 Å². The van der Waals surface area contributed by atoms with E-state index in [1.54, 1.807) is 0 Å². The molecule has 1 aliphatic rings. The van der Waals surface area contributed by atoms with E-state index in [0.717, 1.165) is 19.3 Å². The van der Waals surface area contributed by atoms with Crippen molar-refractivity contribution in [3.05, 3.63) is 35.9 Å². The predicted molar refractivity (Wildman–Crippen MR) is 61.7 cm³/mol. The minimum atomic E-state index is -0.310. The summed E-state index contributed by atoms with van der Waals surface area (Å²) >= 11 is 0. The number of hydrogen-bond acceptors (Lipinski definition) is 2. The Morgan fingerprint density at radius 1 is 1.19 bits per heavy atom. The molecule has 0 bridgehead atoms. The third-order valence-corrected chi connectivity index (χ3v) is 3.39. The van der Waals surface area contributed by atoms with E-state index in [4.69, 9.17) is 0 Å². The van der Waals surface area contributed by atoms with Crippen molar-refractivity contribution in [1.29, 1.82) is 5.26 Å². The fourth-order valence-corrected chi connectivity index (χ4v) is 2.32. The van der Waals surface area contributed by atoms with Crippen molar-refractivity contribution in [3.63, 3.8) is 0 Å². The SMILES string of the molecule is N#CC1(Cc2ccccc2)CCC(=O)CC1. The Hall–Kier alpha value is -1.62. The molecule has 1 saturated carbocycles. The van der Waals surface area contributed by atoms with Gasteiger partial charge in [-0.2, -0.15) is 5.26 Å². The number of benzene rings is 1. The first-order chi connectivity index (χ1) is 7.74. The summed E-state index contributed by atoms with van der Waals surface area (Å²) in [6.45, 7) is 0. The third kappa shape index (κ3) is 2.30. The molecule has 16 heavy (non-hydrogen) atoms. The highest BCUT2D eigenvalue weighted by Crippen LogP contribution is 2.37. The predicted octanol–water partition coefficient (Wildman–Crippen LogP) is 2.88. The number of carbonyl (C=O) groups is 1. The molecule has 1 aliphatic carbocycles. The van der Waals surface area contributed by atoms with Crippen LogP contribution in [0.2, 0.25) is 0 Å². The Balaban J connectivity index is 2.12. The van der Waals surface area contributed by atoms with E-state index in [0.29, 0.717) is 18.6 Å². The maximum absolute atomic E-state index is 11.2. The molecule has 0 amide bonds. The lowest BCUT2D eigenvalue weighted by Crippen LogP contribution is -2.28. The normalized spacial score (nSPS) is 19.1. The first-order valence-electron chi connectivity index (χ1n) is 5.71. The van der Waals surface area contributed by atoms with E-state index in [2.05, 4.69) is 18.2 Å². The lowest BCUT2D eigenvalue weighted by Gasteiger charge is -2.30. The molecular weight excluding hydrogens is 198 g/mol. The van der Waals surface area contributed by atoms with Crippen molar-refractivity contribution < 1.29 is 4.79 Å². The van der Waals surface area contributed by atoms with E-state index in [9.17, 15) is 10.1 Å². The van der Waals surface area contributed by atoms with Crippen LogP contribution in [0.4, 0.5) is 0 Å². The zero-order valence-electron chi connectivity index (χ0n) is 9.28. The van der Waals surface area contributed by atoms with Gasteiger partial charge in [0.25, 0.3) is 0 Å². The van der Waals surface area contributed by atoms with Crippen molar-refractivity contribution in [1.82, 2.24) is 0 Å². The number of carbonyl (C=O) groups excluding carboxylic acids is 1. The van der Waals surface area contributed by atoms with E-state index in [1.807, 2.05) is 18.2 Å². The van der Waals surface area contributed by atoms with Crippen LogP contribution < -0.4 is 0 Å². The van der Waals surface area contributed by atoms with Crippen LogP contribution in [-0.2, 0) is 11.2 Å². The summed E-state index contributed by atoms with van der Waals surface area (Å²) in [7, 11) is 0.